The van der Waals surface area contributed by atoms with Crippen LogP contribution < -0.4 is 15.4 Å². The summed E-state index contributed by atoms with van der Waals surface area (Å²) >= 11 is 1.80. The summed E-state index contributed by atoms with van der Waals surface area (Å²) in [5.41, 5.74) is 0. The first-order valence-electron chi connectivity index (χ1n) is 7.08. The van der Waals surface area contributed by atoms with Crippen LogP contribution in [0.25, 0.3) is 0 Å². The largest absolute Gasteiger partial charge is 0.494 e. The monoisotopic (exact) mass is 313 g/mol. The predicted octanol–water partition coefficient (Wildman–Crippen LogP) is 2.51. The van der Waals surface area contributed by atoms with Gasteiger partial charge in [0.15, 0.2) is 5.96 Å². The highest BCUT2D eigenvalue weighted by atomic mass is 32.2. The van der Waals surface area contributed by atoms with Crippen molar-refractivity contribution in [2.45, 2.75) is 12.8 Å². The first-order chi connectivity index (χ1) is 10.3. The van der Waals surface area contributed by atoms with Gasteiger partial charge in [0.2, 0.25) is 0 Å². The molecule has 0 bridgehead atoms. The molecule has 6 heteroatoms. The van der Waals surface area contributed by atoms with Gasteiger partial charge in [-0.25, -0.2) is 4.39 Å². The number of unbranched alkanes of at least 4 members (excludes halogenated alkanes) is 1. The van der Waals surface area contributed by atoms with Crippen LogP contribution in [0.5, 0.6) is 5.75 Å². The lowest BCUT2D eigenvalue weighted by molar-refractivity contribution is 0.306. The van der Waals surface area contributed by atoms with E-state index in [2.05, 4.69) is 21.9 Å². The Balaban J connectivity index is 2.04. The number of thioether (sulfide) groups is 1. The highest BCUT2D eigenvalue weighted by Crippen LogP contribution is 2.11. The minimum Gasteiger partial charge on any atom is -0.494 e. The van der Waals surface area contributed by atoms with E-state index in [1.165, 1.54) is 12.1 Å². The highest BCUT2D eigenvalue weighted by molar-refractivity contribution is 7.98. The van der Waals surface area contributed by atoms with Crippen molar-refractivity contribution in [2.24, 2.45) is 4.99 Å². The molecule has 118 valence electrons. The fourth-order valence-electron chi connectivity index (χ4n) is 1.65. The van der Waals surface area contributed by atoms with Crippen LogP contribution >= 0.6 is 11.8 Å². The van der Waals surface area contributed by atoms with Crippen molar-refractivity contribution in [3.63, 3.8) is 0 Å². The summed E-state index contributed by atoms with van der Waals surface area (Å²) in [6.45, 7) is 2.39. The van der Waals surface area contributed by atoms with Crippen LogP contribution in [0.1, 0.15) is 12.8 Å². The average Bonchev–Trinajstić information content (AvgIpc) is 2.50. The molecule has 21 heavy (non-hydrogen) atoms. The van der Waals surface area contributed by atoms with Crippen LogP contribution in [0, 0.1) is 5.82 Å². The Hall–Kier alpha value is -1.43. The van der Waals surface area contributed by atoms with Gasteiger partial charge in [-0.1, -0.05) is 0 Å². The SMILES string of the molecule is CN=C(NCCCCOc1ccc(F)cc1)NCCSC. The van der Waals surface area contributed by atoms with Gasteiger partial charge in [-0.15, -0.1) is 0 Å². The van der Waals surface area contributed by atoms with E-state index in [-0.39, 0.29) is 5.82 Å². The van der Waals surface area contributed by atoms with Gasteiger partial charge in [-0.2, -0.15) is 11.8 Å². The zero-order valence-corrected chi connectivity index (χ0v) is 13.5. The molecular weight excluding hydrogens is 289 g/mol. The molecule has 0 spiro atoms. The van der Waals surface area contributed by atoms with Gasteiger partial charge >= 0.3 is 0 Å². The second kappa shape index (κ2) is 11.3. The van der Waals surface area contributed by atoms with Gasteiger partial charge in [0.1, 0.15) is 11.6 Å². The number of rotatable bonds is 9. The maximum atomic E-state index is 12.7. The van der Waals surface area contributed by atoms with Crippen molar-refractivity contribution in [3.8, 4) is 5.75 Å². The topological polar surface area (TPSA) is 45.7 Å². The standard InChI is InChI=1S/C15H24FN3OS/c1-17-15(19-10-12-21-2)18-9-3-4-11-20-14-7-5-13(16)6-8-14/h5-8H,3-4,9-12H2,1-2H3,(H2,17,18,19). The van der Waals surface area contributed by atoms with E-state index < -0.39 is 0 Å². The van der Waals surface area contributed by atoms with Gasteiger partial charge < -0.3 is 15.4 Å². The van der Waals surface area contributed by atoms with E-state index >= 15 is 0 Å². The van der Waals surface area contributed by atoms with E-state index in [1.54, 1.807) is 30.9 Å². The van der Waals surface area contributed by atoms with Crippen LogP contribution in [0.2, 0.25) is 0 Å². The molecule has 0 aliphatic heterocycles. The zero-order valence-electron chi connectivity index (χ0n) is 12.7. The summed E-state index contributed by atoms with van der Waals surface area (Å²) in [5, 5.41) is 6.50. The van der Waals surface area contributed by atoms with E-state index in [0.717, 1.165) is 37.6 Å². The minimum atomic E-state index is -0.244. The van der Waals surface area contributed by atoms with Crippen molar-refractivity contribution in [1.29, 1.82) is 0 Å². The van der Waals surface area contributed by atoms with Crippen LogP contribution in [0.3, 0.4) is 0 Å². The number of halogens is 1. The lowest BCUT2D eigenvalue weighted by Gasteiger charge is -2.11. The molecule has 0 aliphatic rings. The smallest absolute Gasteiger partial charge is 0.191 e. The van der Waals surface area contributed by atoms with Gasteiger partial charge in [-0.05, 0) is 43.4 Å². The molecule has 0 radical (unpaired) electrons. The number of guanidine groups is 1. The first kappa shape index (κ1) is 17.6. The number of nitrogens with one attached hydrogen (secondary N) is 2. The van der Waals surface area contributed by atoms with Crippen molar-refractivity contribution in [3.05, 3.63) is 30.1 Å². The summed E-state index contributed by atoms with van der Waals surface area (Å²) in [7, 11) is 1.77. The Kier molecular flexibility index (Phi) is 9.44. The summed E-state index contributed by atoms with van der Waals surface area (Å²) in [6, 6.07) is 6.10. The summed E-state index contributed by atoms with van der Waals surface area (Å²) in [6.07, 6.45) is 4.01. The quantitative estimate of drug-likeness (QED) is 0.418. The maximum absolute atomic E-state index is 12.7. The van der Waals surface area contributed by atoms with Crippen molar-refractivity contribution in [2.75, 3.05) is 38.8 Å². The minimum absolute atomic E-state index is 0.244. The maximum Gasteiger partial charge on any atom is 0.191 e. The number of aliphatic imine (C=N–C) groups is 1. The molecule has 0 saturated heterocycles. The first-order valence-corrected chi connectivity index (χ1v) is 8.47. The van der Waals surface area contributed by atoms with Crippen LogP contribution in [-0.4, -0.2) is 44.7 Å². The third kappa shape index (κ3) is 8.45. The Bertz CT molecular complexity index is 412. The van der Waals surface area contributed by atoms with E-state index in [0.29, 0.717) is 12.4 Å². The number of hydrogen-bond acceptors (Lipinski definition) is 3. The highest BCUT2D eigenvalue weighted by Gasteiger charge is 1.97. The molecule has 4 nitrogen and oxygen atoms in total. The fraction of sp³-hybridized carbons (Fsp3) is 0.533. The van der Waals surface area contributed by atoms with Crippen molar-refractivity contribution < 1.29 is 9.13 Å². The zero-order chi connectivity index (χ0) is 15.3. The lowest BCUT2D eigenvalue weighted by Crippen LogP contribution is -2.38. The average molecular weight is 313 g/mol. The van der Waals surface area contributed by atoms with Gasteiger partial charge in [0, 0.05) is 25.9 Å². The number of ether oxygens (including phenoxy) is 1. The predicted molar refractivity (Wildman–Crippen MR) is 88.9 cm³/mol. The second-order valence-electron chi connectivity index (χ2n) is 4.43. The molecule has 1 aromatic rings. The molecule has 0 atom stereocenters. The number of nitrogens with zero attached hydrogens (tertiary/aromatic N) is 1. The van der Waals surface area contributed by atoms with E-state index in [9.17, 15) is 4.39 Å². The summed E-state index contributed by atoms with van der Waals surface area (Å²) < 4.78 is 18.2. The molecule has 1 aromatic carbocycles. The molecule has 2 N–H and O–H groups in total. The van der Waals surface area contributed by atoms with Gasteiger partial charge in [0.05, 0.1) is 6.61 Å². The molecule has 0 heterocycles. The third-order valence-electron chi connectivity index (χ3n) is 2.77. The lowest BCUT2D eigenvalue weighted by atomic mass is 10.3. The second-order valence-corrected chi connectivity index (χ2v) is 5.41. The van der Waals surface area contributed by atoms with Gasteiger partial charge in [-0.3, -0.25) is 4.99 Å². The molecule has 0 amide bonds. The molecule has 0 aliphatic carbocycles. The molecule has 0 aromatic heterocycles. The molecule has 0 unspecified atom stereocenters. The van der Waals surface area contributed by atoms with Crippen LogP contribution in [0.15, 0.2) is 29.3 Å². The normalized spacial score (nSPS) is 11.3. The van der Waals surface area contributed by atoms with Crippen LogP contribution in [-0.2, 0) is 0 Å². The summed E-state index contributed by atoms with van der Waals surface area (Å²) in [4.78, 5) is 4.15. The third-order valence-corrected chi connectivity index (χ3v) is 3.38. The molecule has 0 fully saturated rings. The molecule has 0 saturated carbocycles. The Morgan fingerprint density at radius 1 is 1.19 bits per heavy atom. The Labute approximate surface area is 130 Å². The number of hydrogen-bond donors (Lipinski definition) is 2. The summed E-state index contributed by atoms with van der Waals surface area (Å²) in [5.74, 6) is 2.36. The molecule has 1 rings (SSSR count). The van der Waals surface area contributed by atoms with E-state index in [4.69, 9.17) is 4.74 Å². The number of benzene rings is 1. The van der Waals surface area contributed by atoms with Crippen LogP contribution in [0.4, 0.5) is 4.39 Å². The fourth-order valence-corrected chi connectivity index (χ4v) is 1.95. The Morgan fingerprint density at radius 2 is 1.90 bits per heavy atom. The van der Waals surface area contributed by atoms with E-state index in [1.807, 2.05) is 0 Å². The van der Waals surface area contributed by atoms with Crippen molar-refractivity contribution in [1.82, 2.24) is 10.6 Å². The van der Waals surface area contributed by atoms with Crippen molar-refractivity contribution >= 4 is 17.7 Å². The van der Waals surface area contributed by atoms with Gasteiger partial charge in [0.25, 0.3) is 0 Å². The Morgan fingerprint density at radius 3 is 2.57 bits per heavy atom. The molecular formula is C15H24FN3OS.